The molecular formula is C25H22F6N2O3S. The molecule has 0 heterocycles. The van der Waals surface area contributed by atoms with Gasteiger partial charge in [-0.3, -0.25) is 4.79 Å². The molecule has 1 amide bonds. The van der Waals surface area contributed by atoms with Gasteiger partial charge in [-0.05, 0) is 49.7 Å². The molecule has 0 aliphatic carbocycles. The summed E-state index contributed by atoms with van der Waals surface area (Å²) in [7, 11) is -4.26. The molecule has 0 spiro atoms. The van der Waals surface area contributed by atoms with E-state index < -0.39 is 51.6 Å². The largest absolute Gasteiger partial charge is 0.416 e. The molecule has 0 atom stereocenters. The molecule has 3 aromatic rings. The van der Waals surface area contributed by atoms with Crippen molar-refractivity contribution in [1.29, 1.82) is 0 Å². The maximum absolute atomic E-state index is 13.3. The summed E-state index contributed by atoms with van der Waals surface area (Å²) in [5.41, 5.74) is -1.78. The Morgan fingerprint density at radius 3 is 1.70 bits per heavy atom. The number of halogens is 6. The Kier molecular flexibility index (Phi) is 8.03. The maximum Gasteiger partial charge on any atom is 0.416 e. The van der Waals surface area contributed by atoms with Gasteiger partial charge in [0.25, 0.3) is 0 Å². The summed E-state index contributed by atoms with van der Waals surface area (Å²) >= 11 is 0. The van der Waals surface area contributed by atoms with E-state index in [-0.39, 0.29) is 17.5 Å². The normalized spacial score (nSPS) is 12.6. The van der Waals surface area contributed by atoms with Crippen LogP contribution in [0.3, 0.4) is 0 Å². The average molecular weight is 545 g/mol. The molecule has 0 radical (unpaired) electrons. The van der Waals surface area contributed by atoms with E-state index in [1.54, 1.807) is 43.3 Å². The molecule has 0 saturated carbocycles. The van der Waals surface area contributed by atoms with Gasteiger partial charge in [0.15, 0.2) is 0 Å². The summed E-state index contributed by atoms with van der Waals surface area (Å²) in [6.45, 7) is 2.45. The van der Waals surface area contributed by atoms with Crippen LogP contribution in [0.2, 0.25) is 0 Å². The number of sulfonamides is 1. The van der Waals surface area contributed by atoms with E-state index in [2.05, 4.69) is 0 Å². The number of nitrogens with one attached hydrogen (secondary N) is 1. The Morgan fingerprint density at radius 2 is 1.24 bits per heavy atom. The molecule has 12 heteroatoms. The van der Waals surface area contributed by atoms with Gasteiger partial charge in [-0.15, -0.1) is 0 Å². The highest BCUT2D eigenvalue weighted by Crippen LogP contribution is 2.37. The van der Waals surface area contributed by atoms with E-state index in [0.29, 0.717) is 17.7 Å². The molecule has 37 heavy (non-hydrogen) atoms. The van der Waals surface area contributed by atoms with Crippen LogP contribution >= 0.6 is 0 Å². The Morgan fingerprint density at radius 1 is 0.784 bits per heavy atom. The topological polar surface area (TPSA) is 66.5 Å². The van der Waals surface area contributed by atoms with Gasteiger partial charge in [0.1, 0.15) is 0 Å². The van der Waals surface area contributed by atoms with Crippen molar-refractivity contribution in [2.45, 2.75) is 37.6 Å². The number of hydrogen-bond acceptors (Lipinski definition) is 3. The molecule has 0 aliphatic rings. The molecule has 0 bridgehead atoms. The van der Waals surface area contributed by atoms with Gasteiger partial charge in [-0.25, -0.2) is 8.42 Å². The van der Waals surface area contributed by atoms with Crippen LogP contribution < -0.4 is 5.32 Å². The number of aryl methyl sites for hydroxylation is 2. The van der Waals surface area contributed by atoms with Crippen molar-refractivity contribution in [1.82, 2.24) is 4.31 Å². The summed E-state index contributed by atoms with van der Waals surface area (Å²) < 4.78 is 106. The third-order valence-electron chi connectivity index (χ3n) is 5.33. The number of alkyl halides is 6. The Balaban J connectivity index is 1.94. The monoisotopic (exact) mass is 544 g/mol. The highest BCUT2D eigenvalue weighted by atomic mass is 32.2. The van der Waals surface area contributed by atoms with Crippen LogP contribution in [0.4, 0.5) is 32.0 Å². The fourth-order valence-corrected chi connectivity index (χ4v) is 4.75. The van der Waals surface area contributed by atoms with Crippen LogP contribution in [0.15, 0.2) is 71.6 Å². The van der Waals surface area contributed by atoms with E-state index >= 15 is 0 Å². The van der Waals surface area contributed by atoms with E-state index in [1.807, 2.05) is 12.2 Å². The molecule has 5 nitrogen and oxygen atoms in total. The summed E-state index contributed by atoms with van der Waals surface area (Å²) in [4.78, 5) is 12.6. The van der Waals surface area contributed by atoms with Crippen molar-refractivity contribution >= 4 is 21.6 Å². The predicted octanol–water partition coefficient (Wildman–Crippen LogP) is 6.17. The van der Waals surface area contributed by atoms with Crippen LogP contribution in [0.5, 0.6) is 0 Å². The van der Waals surface area contributed by atoms with Gasteiger partial charge < -0.3 is 5.32 Å². The lowest BCUT2D eigenvalue weighted by Gasteiger charge is -2.22. The fraction of sp³-hybridized carbons (Fsp3) is 0.240. The zero-order chi connectivity index (χ0) is 27.6. The van der Waals surface area contributed by atoms with Crippen molar-refractivity contribution in [2.75, 3.05) is 11.9 Å². The highest BCUT2D eigenvalue weighted by molar-refractivity contribution is 7.89. The molecule has 0 saturated heterocycles. The van der Waals surface area contributed by atoms with Gasteiger partial charge >= 0.3 is 12.4 Å². The molecule has 0 unspecified atom stereocenters. The number of benzene rings is 3. The van der Waals surface area contributed by atoms with Crippen LogP contribution in [0, 0.1) is 13.8 Å². The SMILES string of the molecule is Cc1ccc(CN(CC(=O)Nc2cc(C(F)(F)F)cc(C(F)(F)F)c2)S(=O)(=O)c2ccc(C)cc2)cc1. The molecule has 198 valence electrons. The lowest BCUT2D eigenvalue weighted by Crippen LogP contribution is -2.37. The molecule has 0 aliphatic heterocycles. The third-order valence-corrected chi connectivity index (χ3v) is 7.14. The molecule has 3 aromatic carbocycles. The number of anilines is 1. The zero-order valence-electron chi connectivity index (χ0n) is 19.6. The third kappa shape index (κ3) is 7.32. The number of hydrogen-bond donors (Lipinski definition) is 1. The second kappa shape index (κ2) is 10.5. The minimum atomic E-state index is -5.10. The van der Waals surface area contributed by atoms with Gasteiger partial charge in [0.2, 0.25) is 15.9 Å². The quantitative estimate of drug-likeness (QED) is 0.362. The smallest absolute Gasteiger partial charge is 0.325 e. The van der Waals surface area contributed by atoms with E-state index in [1.165, 1.54) is 12.1 Å². The van der Waals surface area contributed by atoms with Crippen LogP contribution in [0.1, 0.15) is 27.8 Å². The van der Waals surface area contributed by atoms with Gasteiger partial charge in [-0.1, -0.05) is 47.5 Å². The van der Waals surface area contributed by atoms with Crippen LogP contribution in [-0.4, -0.2) is 25.2 Å². The minimum Gasteiger partial charge on any atom is -0.325 e. The lowest BCUT2D eigenvalue weighted by molar-refractivity contribution is -0.143. The lowest BCUT2D eigenvalue weighted by atomic mass is 10.1. The molecule has 1 N–H and O–H groups in total. The number of amides is 1. The highest BCUT2D eigenvalue weighted by Gasteiger charge is 2.37. The van der Waals surface area contributed by atoms with Gasteiger partial charge in [0, 0.05) is 12.2 Å². The van der Waals surface area contributed by atoms with E-state index in [0.717, 1.165) is 15.4 Å². The second-order valence-corrected chi connectivity index (χ2v) is 10.4. The van der Waals surface area contributed by atoms with Crippen molar-refractivity contribution in [2.24, 2.45) is 0 Å². The van der Waals surface area contributed by atoms with Crippen molar-refractivity contribution in [3.63, 3.8) is 0 Å². The Labute approximate surface area is 209 Å². The zero-order valence-corrected chi connectivity index (χ0v) is 20.4. The first kappa shape index (κ1) is 28.2. The first-order valence-corrected chi connectivity index (χ1v) is 12.2. The summed E-state index contributed by atoms with van der Waals surface area (Å²) in [6.07, 6.45) is -10.2. The van der Waals surface area contributed by atoms with Crippen molar-refractivity contribution in [3.05, 3.63) is 94.5 Å². The first-order chi connectivity index (χ1) is 17.1. The molecule has 0 aromatic heterocycles. The number of nitrogens with zero attached hydrogens (tertiary/aromatic N) is 1. The second-order valence-electron chi connectivity index (χ2n) is 8.41. The molecular weight excluding hydrogens is 522 g/mol. The van der Waals surface area contributed by atoms with E-state index in [4.69, 9.17) is 0 Å². The summed E-state index contributed by atoms with van der Waals surface area (Å²) in [5.74, 6) is -1.12. The standard InChI is InChI=1S/C25H22F6N2O3S/c1-16-3-7-18(8-4-16)14-33(37(35,36)22-9-5-17(2)6-10-22)15-23(34)32-21-12-19(24(26,27)28)11-20(13-21)25(29,30)31/h3-13H,14-15H2,1-2H3,(H,32,34). The maximum atomic E-state index is 13.3. The van der Waals surface area contributed by atoms with Gasteiger partial charge in [-0.2, -0.15) is 30.6 Å². The van der Waals surface area contributed by atoms with Crippen molar-refractivity contribution < 1.29 is 39.6 Å². The van der Waals surface area contributed by atoms with Crippen molar-refractivity contribution in [3.8, 4) is 0 Å². The molecule has 0 fully saturated rings. The number of rotatable bonds is 7. The number of carbonyl (C=O) groups is 1. The van der Waals surface area contributed by atoms with Crippen LogP contribution in [0.25, 0.3) is 0 Å². The first-order valence-electron chi connectivity index (χ1n) is 10.8. The fourth-order valence-electron chi connectivity index (χ4n) is 3.37. The summed E-state index contributed by atoms with van der Waals surface area (Å²) in [6, 6.07) is 13.2. The predicted molar refractivity (Wildman–Crippen MR) is 125 cm³/mol. The molecule has 3 rings (SSSR count). The summed E-state index contributed by atoms with van der Waals surface area (Å²) in [5, 5.41) is 1.98. The van der Waals surface area contributed by atoms with E-state index in [9.17, 15) is 39.6 Å². The Bertz CT molecular complexity index is 1340. The number of carbonyl (C=O) groups excluding carboxylic acids is 1. The van der Waals surface area contributed by atoms with Gasteiger partial charge in [0.05, 0.1) is 22.6 Å². The average Bonchev–Trinajstić information content (AvgIpc) is 2.79. The minimum absolute atomic E-state index is 0.0683. The van der Waals surface area contributed by atoms with Crippen LogP contribution in [-0.2, 0) is 33.7 Å². The Hall–Kier alpha value is -3.38.